The summed E-state index contributed by atoms with van der Waals surface area (Å²) in [6.07, 6.45) is 5.09. The fraction of sp³-hybridized carbons (Fsp3) is 0.455. The van der Waals surface area contributed by atoms with Crippen LogP contribution in [0.5, 0.6) is 0 Å². The predicted octanol–water partition coefficient (Wildman–Crippen LogP) is 3.40. The van der Waals surface area contributed by atoms with Crippen molar-refractivity contribution in [2.75, 3.05) is 31.6 Å². The van der Waals surface area contributed by atoms with Crippen molar-refractivity contribution in [2.45, 2.75) is 32.7 Å². The Balaban J connectivity index is 1.41. The molecule has 1 aromatic heterocycles. The van der Waals surface area contributed by atoms with E-state index in [1.54, 1.807) is 12.1 Å². The SMILES string of the molecule is CCNC(=NCc1ccc(NC(=O)c2ccco2)cc1)NCCCOCC1CC1. The topological polar surface area (TPSA) is 87.9 Å². The van der Waals surface area contributed by atoms with Gasteiger partial charge in [0.15, 0.2) is 11.7 Å². The Labute approximate surface area is 171 Å². The second-order valence-corrected chi connectivity index (χ2v) is 7.12. The Hall–Kier alpha value is -2.80. The molecule has 29 heavy (non-hydrogen) atoms. The smallest absolute Gasteiger partial charge is 0.291 e. The lowest BCUT2D eigenvalue weighted by Gasteiger charge is -2.11. The highest BCUT2D eigenvalue weighted by atomic mass is 16.5. The molecule has 0 saturated heterocycles. The number of furan rings is 1. The van der Waals surface area contributed by atoms with Gasteiger partial charge in [-0.05, 0) is 61.9 Å². The van der Waals surface area contributed by atoms with Crippen LogP contribution in [0.4, 0.5) is 5.69 Å². The van der Waals surface area contributed by atoms with Crippen LogP contribution in [0.1, 0.15) is 42.3 Å². The van der Waals surface area contributed by atoms with Gasteiger partial charge in [0.25, 0.3) is 5.91 Å². The number of carbonyl (C=O) groups excluding carboxylic acids is 1. The van der Waals surface area contributed by atoms with Gasteiger partial charge in [0.05, 0.1) is 12.8 Å². The standard InChI is InChI=1S/C22H30N4O3/c1-2-23-22(24-12-4-13-28-16-18-6-7-18)25-15-17-8-10-19(11-9-17)26-21(27)20-5-3-14-29-20/h3,5,8-11,14,18H,2,4,6-7,12-13,15-16H2,1H3,(H,26,27)(H2,23,24,25). The van der Waals surface area contributed by atoms with E-state index in [9.17, 15) is 4.79 Å². The summed E-state index contributed by atoms with van der Waals surface area (Å²) < 4.78 is 10.7. The molecule has 156 valence electrons. The maximum Gasteiger partial charge on any atom is 0.291 e. The lowest BCUT2D eigenvalue weighted by Crippen LogP contribution is -2.38. The molecule has 0 unspecified atom stereocenters. The van der Waals surface area contributed by atoms with Crippen LogP contribution in [-0.4, -0.2) is 38.2 Å². The van der Waals surface area contributed by atoms with Gasteiger partial charge in [-0.1, -0.05) is 12.1 Å². The van der Waals surface area contributed by atoms with Crippen LogP contribution in [0.25, 0.3) is 0 Å². The molecule has 1 aliphatic carbocycles. The monoisotopic (exact) mass is 398 g/mol. The third-order valence-corrected chi connectivity index (χ3v) is 4.53. The van der Waals surface area contributed by atoms with Gasteiger partial charge in [-0.3, -0.25) is 4.79 Å². The molecule has 0 aliphatic heterocycles. The van der Waals surface area contributed by atoms with Crippen molar-refractivity contribution in [1.29, 1.82) is 0 Å². The van der Waals surface area contributed by atoms with E-state index in [-0.39, 0.29) is 11.7 Å². The third kappa shape index (κ3) is 7.62. The number of hydrogen-bond donors (Lipinski definition) is 3. The zero-order chi connectivity index (χ0) is 20.3. The van der Waals surface area contributed by atoms with Crippen molar-refractivity contribution in [2.24, 2.45) is 10.9 Å². The van der Waals surface area contributed by atoms with Crippen molar-refractivity contribution in [3.05, 3.63) is 54.0 Å². The number of rotatable bonds is 11. The number of hydrogen-bond acceptors (Lipinski definition) is 4. The molecule has 1 fully saturated rings. The second kappa shape index (κ2) is 11.3. The molecule has 1 heterocycles. The summed E-state index contributed by atoms with van der Waals surface area (Å²) in [5, 5.41) is 9.40. The van der Waals surface area contributed by atoms with Crippen molar-refractivity contribution >= 4 is 17.6 Å². The third-order valence-electron chi connectivity index (χ3n) is 4.53. The summed E-state index contributed by atoms with van der Waals surface area (Å²) in [5.74, 6) is 1.63. The molecule has 2 aromatic rings. The summed E-state index contributed by atoms with van der Waals surface area (Å²) >= 11 is 0. The Bertz CT molecular complexity index is 768. The largest absolute Gasteiger partial charge is 0.459 e. The second-order valence-electron chi connectivity index (χ2n) is 7.12. The molecule has 1 amide bonds. The van der Waals surface area contributed by atoms with Gasteiger partial charge in [0.1, 0.15) is 0 Å². The van der Waals surface area contributed by atoms with E-state index < -0.39 is 0 Å². The van der Waals surface area contributed by atoms with Gasteiger partial charge in [-0.25, -0.2) is 4.99 Å². The molecule has 0 spiro atoms. The summed E-state index contributed by atoms with van der Waals surface area (Å²) in [6, 6.07) is 11.0. The maximum atomic E-state index is 12.0. The van der Waals surface area contributed by atoms with Crippen LogP contribution in [0.15, 0.2) is 52.1 Å². The van der Waals surface area contributed by atoms with Crippen LogP contribution in [0.3, 0.4) is 0 Å². The first kappa shape index (κ1) is 20.9. The molecule has 7 heteroatoms. The minimum absolute atomic E-state index is 0.263. The van der Waals surface area contributed by atoms with Gasteiger partial charge >= 0.3 is 0 Å². The van der Waals surface area contributed by atoms with Crippen molar-refractivity contribution in [3.63, 3.8) is 0 Å². The Morgan fingerprint density at radius 3 is 2.72 bits per heavy atom. The van der Waals surface area contributed by atoms with Crippen LogP contribution in [0, 0.1) is 5.92 Å². The predicted molar refractivity (Wildman–Crippen MR) is 114 cm³/mol. The summed E-state index contributed by atoms with van der Waals surface area (Å²) in [6.45, 7) is 5.93. The van der Waals surface area contributed by atoms with Crippen LogP contribution in [0.2, 0.25) is 0 Å². The molecule has 1 aliphatic rings. The maximum absolute atomic E-state index is 12.0. The Morgan fingerprint density at radius 2 is 2.03 bits per heavy atom. The zero-order valence-corrected chi connectivity index (χ0v) is 16.9. The van der Waals surface area contributed by atoms with Crippen molar-refractivity contribution < 1.29 is 13.9 Å². The number of guanidine groups is 1. The minimum Gasteiger partial charge on any atom is -0.459 e. The number of anilines is 1. The van der Waals surface area contributed by atoms with Gasteiger partial charge in [-0.2, -0.15) is 0 Å². The normalized spacial score (nSPS) is 13.9. The van der Waals surface area contributed by atoms with E-state index in [4.69, 9.17) is 9.15 Å². The first-order valence-electron chi connectivity index (χ1n) is 10.3. The quantitative estimate of drug-likeness (QED) is 0.307. The summed E-state index contributed by atoms with van der Waals surface area (Å²) in [5.41, 5.74) is 1.78. The molecule has 0 atom stereocenters. The number of benzene rings is 1. The lowest BCUT2D eigenvalue weighted by atomic mass is 10.2. The van der Waals surface area contributed by atoms with E-state index in [0.29, 0.717) is 6.54 Å². The van der Waals surface area contributed by atoms with Crippen molar-refractivity contribution in [3.8, 4) is 0 Å². The minimum atomic E-state index is -0.263. The molecule has 1 saturated carbocycles. The van der Waals surface area contributed by atoms with E-state index in [1.807, 2.05) is 31.2 Å². The number of amides is 1. The van der Waals surface area contributed by atoms with Gasteiger partial charge in [-0.15, -0.1) is 0 Å². The lowest BCUT2D eigenvalue weighted by molar-refractivity contribution is 0.0996. The average Bonchev–Trinajstić information content (AvgIpc) is 3.39. The van der Waals surface area contributed by atoms with E-state index in [0.717, 1.165) is 55.9 Å². The number of nitrogens with one attached hydrogen (secondary N) is 3. The van der Waals surface area contributed by atoms with Crippen LogP contribution < -0.4 is 16.0 Å². The fourth-order valence-corrected chi connectivity index (χ4v) is 2.72. The highest BCUT2D eigenvalue weighted by Gasteiger charge is 2.20. The highest BCUT2D eigenvalue weighted by molar-refractivity contribution is 6.02. The van der Waals surface area contributed by atoms with Crippen molar-refractivity contribution in [1.82, 2.24) is 10.6 Å². The molecular formula is C22H30N4O3. The molecule has 0 radical (unpaired) electrons. The number of nitrogens with zero attached hydrogens (tertiary/aromatic N) is 1. The molecule has 7 nitrogen and oxygen atoms in total. The molecule has 0 bridgehead atoms. The summed E-state index contributed by atoms with van der Waals surface area (Å²) in [7, 11) is 0. The Morgan fingerprint density at radius 1 is 1.21 bits per heavy atom. The number of ether oxygens (including phenoxy) is 1. The molecule has 3 N–H and O–H groups in total. The fourth-order valence-electron chi connectivity index (χ4n) is 2.72. The van der Waals surface area contributed by atoms with Gasteiger partial charge in [0.2, 0.25) is 0 Å². The van der Waals surface area contributed by atoms with Gasteiger partial charge < -0.3 is 25.1 Å². The average molecular weight is 399 g/mol. The summed E-state index contributed by atoms with van der Waals surface area (Å²) in [4.78, 5) is 16.6. The zero-order valence-electron chi connectivity index (χ0n) is 16.9. The number of aliphatic imine (C=N–C) groups is 1. The Kier molecular flexibility index (Phi) is 8.12. The number of carbonyl (C=O) groups is 1. The molecular weight excluding hydrogens is 368 g/mol. The van der Waals surface area contributed by atoms with Crippen LogP contribution >= 0.6 is 0 Å². The van der Waals surface area contributed by atoms with E-state index >= 15 is 0 Å². The first-order chi connectivity index (χ1) is 14.2. The van der Waals surface area contributed by atoms with Crippen LogP contribution in [-0.2, 0) is 11.3 Å². The first-order valence-corrected chi connectivity index (χ1v) is 10.3. The van der Waals surface area contributed by atoms with Gasteiger partial charge in [0, 0.05) is 32.0 Å². The highest BCUT2D eigenvalue weighted by Crippen LogP contribution is 2.28. The molecule has 1 aromatic carbocycles. The molecule has 3 rings (SSSR count). The van der Waals surface area contributed by atoms with E-state index in [2.05, 4.69) is 20.9 Å². The van der Waals surface area contributed by atoms with E-state index in [1.165, 1.54) is 19.1 Å².